The van der Waals surface area contributed by atoms with Crippen LogP contribution in [0.25, 0.3) is 0 Å². The van der Waals surface area contributed by atoms with Gasteiger partial charge in [-0.2, -0.15) is 4.31 Å². The van der Waals surface area contributed by atoms with Gasteiger partial charge in [0.1, 0.15) is 4.99 Å². The minimum atomic E-state index is -3.37. The number of benzene rings is 1. The van der Waals surface area contributed by atoms with Gasteiger partial charge in [0.05, 0.1) is 5.75 Å². The lowest BCUT2D eigenvalue weighted by Crippen LogP contribution is -2.47. The second-order valence-corrected chi connectivity index (χ2v) is 8.05. The Morgan fingerprint density at radius 3 is 2.43 bits per heavy atom. The molecule has 0 spiro atoms. The Bertz CT molecular complexity index is 618. The molecule has 4 nitrogen and oxygen atoms in total. The molecule has 0 radical (unpaired) electrons. The van der Waals surface area contributed by atoms with Gasteiger partial charge in [-0.3, -0.25) is 0 Å². The predicted octanol–water partition coefficient (Wildman–Crippen LogP) is 2.41. The van der Waals surface area contributed by atoms with Gasteiger partial charge in [-0.1, -0.05) is 42.9 Å². The summed E-state index contributed by atoms with van der Waals surface area (Å²) in [6.45, 7) is 3.96. The number of nitrogens with two attached hydrogens (primary N) is 1. The van der Waals surface area contributed by atoms with Crippen LogP contribution in [0, 0.1) is 0 Å². The maximum absolute atomic E-state index is 12.8. The molecule has 116 valence electrons. The minimum absolute atomic E-state index is 0.0464. The molecule has 1 fully saturated rings. The first-order chi connectivity index (χ1) is 9.83. The highest BCUT2D eigenvalue weighted by Gasteiger charge is 2.34. The van der Waals surface area contributed by atoms with E-state index in [1.165, 1.54) is 0 Å². The van der Waals surface area contributed by atoms with Gasteiger partial charge in [-0.15, -0.1) is 0 Å². The SMILES string of the molecule is CC1CCCC(C)N1S(=O)(=O)Cc1ccccc1C(N)=S. The van der Waals surface area contributed by atoms with Crippen LogP contribution in [0.15, 0.2) is 24.3 Å². The summed E-state index contributed by atoms with van der Waals surface area (Å²) in [6.07, 6.45) is 2.92. The molecular weight excluding hydrogens is 304 g/mol. The van der Waals surface area contributed by atoms with E-state index in [0.717, 1.165) is 19.3 Å². The van der Waals surface area contributed by atoms with Gasteiger partial charge in [-0.25, -0.2) is 8.42 Å². The maximum Gasteiger partial charge on any atom is 0.218 e. The van der Waals surface area contributed by atoms with E-state index in [9.17, 15) is 8.42 Å². The second kappa shape index (κ2) is 6.42. The molecule has 2 rings (SSSR count). The van der Waals surface area contributed by atoms with E-state index in [4.69, 9.17) is 18.0 Å². The Hall–Kier alpha value is -0.980. The summed E-state index contributed by atoms with van der Waals surface area (Å²) in [5, 5.41) is 0. The summed E-state index contributed by atoms with van der Waals surface area (Å²) < 4.78 is 27.2. The maximum atomic E-state index is 12.8. The van der Waals surface area contributed by atoms with Crippen LogP contribution in [-0.2, 0) is 15.8 Å². The van der Waals surface area contributed by atoms with Crippen molar-refractivity contribution in [3.8, 4) is 0 Å². The molecule has 0 aliphatic carbocycles. The molecule has 2 N–H and O–H groups in total. The highest BCUT2D eigenvalue weighted by Crippen LogP contribution is 2.28. The first-order valence-corrected chi connectivity index (χ1v) is 9.23. The third kappa shape index (κ3) is 3.62. The molecule has 1 saturated heterocycles. The molecule has 1 heterocycles. The van der Waals surface area contributed by atoms with Crippen LogP contribution in [0.1, 0.15) is 44.2 Å². The predicted molar refractivity (Wildman–Crippen MR) is 89.6 cm³/mol. The summed E-state index contributed by atoms with van der Waals surface area (Å²) in [6, 6.07) is 7.29. The molecule has 0 bridgehead atoms. The van der Waals surface area contributed by atoms with Crippen LogP contribution in [0.2, 0.25) is 0 Å². The van der Waals surface area contributed by atoms with E-state index in [1.807, 2.05) is 26.0 Å². The zero-order valence-corrected chi connectivity index (χ0v) is 14.1. The summed E-state index contributed by atoms with van der Waals surface area (Å²) in [7, 11) is -3.37. The Labute approximate surface area is 132 Å². The number of hydrogen-bond donors (Lipinski definition) is 1. The molecular formula is C15H22N2O2S2. The fourth-order valence-corrected chi connectivity index (χ4v) is 5.40. The highest BCUT2D eigenvalue weighted by atomic mass is 32.2. The average molecular weight is 326 g/mol. The van der Waals surface area contributed by atoms with Gasteiger partial charge in [0.25, 0.3) is 0 Å². The number of nitrogens with zero attached hydrogens (tertiary/aromatic N) is 1. The van der Waals surface area contributed by atoms with Crippen LogP contribution in [-0.4, -0.2) is 29.8 Å². The molecule has 1 aliphatic rings. The second-order valence-electron chi connectivity index (χ2n) is 5.74. The van der Waals surface area contributed by atoms with Crippen LogP contribution in [0.4, 0.5) is 0 Å². The van der Waals surface area contributed by atoms with Crippen LogP contribution < -0.4 is 5.73 Å². The first-order valence-electron chi connectivity index (χ1n) is 7.22. The number of thiocarbonyl (C=S) groups is 1. The Morgan fingerprint density at radius 1 is 1.29 bits per heavy atom. The summed E-state index contributed by atoms with van der Waals surface area (Å²) in [5.41, 5.74) is 7.01. The summed E-state index contributed by atoms with van der Waals surface area (Å²) >= 11 is 5.01. The first kappa shape index (κ1) is 16.4. The van der Waals surface area contributed by atoms with Gasteiger partial charge < -0.3 is 5.73 Å². The van der Waals surface area contributed by atoms with Crippen molar-refractivity contribution in [2.24, 2.45) is 5.73 Å². The lowest BCUT2D eigenvalue weighted by atomic mass is 10.0. The number of hydrogen-bond acceptors (Lipinski definition) is 3. The standard InChI is InChI=1S/C15H22N2O2S2/c1-11-6-5-7-12(2)17(11)21(18,19)10-13-8-3-4-9-14(13)15(16)20/h3-4,8-9,11-12H,5-7,10H2,1-2H3,(H2,16,20). The molecule has 2 atom stereocenters. The number of sulfonamides is 1. The van der Waals surface area contributed by atoms with E-state index in [0.29, 0.717) is 11.1 Å². The Kier molecular flexibility index (Phi) is 5.01. The quantitative estimate of drug-likeness (QED) is 0.863. The average Bonchev–Trinajstić information content (AvgIpc) is 2.37. The third-order valence-electron chi connectivity index (χ3n) is 4.05. The van der Waals surface area contributed by atoms with Crippen molar-refractivity contribution in [2.75, 3.05) is 0 Å². The smallest absolute Gasteiger partial charge is 0.218 e. The fourth-order valence-electron chi connectivity index (χ4n) is 3.10. The lowest BCUT2D eigenvalue weighted by molar-refractivity contribution is 0.204. The van der Waals surface area contributed by atoms with Crippen molar-refractivity contribution in [2.45, 2.75) is 50.9 Å². The number of piperidine rings is 1. The molecule has 21 heavy (non-hydrogen) atoms. The molecule has 0 saturated carbocycles. The van der Waals surface area contributed by atoms with Crippen molar-refractivity contribution < 1.29 is 8.42 Å². The van der Waals surface area contributed by atoms with Crippen molar-refractivity contribution in [3.63, 3.8) is 0 Å². The molecule has 1 aromatic rings. The Balaban J connectivity index is 2.31. The highest BCUT2D eigenvalue weighted by molar-refractivity contribution is 7.88. The largest absolute Gasteiger partial charge is 0.389 e. The zero-order chi connectivity index (χ0) is 15.6. The van der Waals surface area contributed by atoms with E-state index in [2.05, 4.69) is 0 Å². The van der Waals surface area contributed by atoms with Gasteiger partial charge in [0.15, 0.2) is 0 Å². The van der Waals surface area contributed by atoms with Crippen LogP contribution in [0.5, 0.6) is 0 Å². The van der Waals surface area contributed by atoms with Gasteiger partial charge in [0.2, 0.25) is 10.0 Å². The molecule has 6 heteroatoms. The Morgan fingerprint density at radius 2 is 1.86 bits per heavy atom. The van der Waals surface area contributed by atoms with Gasteiger partial charge in [0, 0.05) is 17.6 Å². The van der Waals surface area contributed by atoms with Crippen molar-refractivity contribution >= 4 is 27.2 Å². The van der Waals surface area contributed by atoms with Crippen LogP contribution >= 0.6 is 12.2 Å². The van der Waals surface area contributed by atoms with Gasteiger partial charge in [-0.05, 0) is 32.3 Å². The van der Waals surface area contributed by atoms with E-state index in [-0.39, 0.29) is 22.8 Å². The topological polar surface area (TPSA) is 63.4 Å². The van der Waals surface area contributed by atoms with Crippen LogP contribution in [0.3, 0.4) is 0 Å². The lowest BCUT2D eigenvalue weighted by Gasteiger charge is -2.37. The normalized spacial score (nSPS) is 23.9. The van der Waals surface area contributed by atoms with Gasteiger partial charge >= 0.3 is 0 Å². The molecule has 0 amide bonds. The van der Waals surface area contributed by atoms with Crippen molar-refractivity contribution in [3.05, 3.63) is 35.4 Å². The van der Waals surface area contributed by atoms with Crippen molar-refractivity contribution in [1.82, 2.24) is 4.31 Å². The molecule has 2 unspecified atom stereocenters. The van der Waals surface area contributed by atoms with E-state index < -0.39 is 10.0 Å². The third-order valence-corrected chi connectivity index (χ3v) is 6.31. The number of rotatable bonds is 4. The van der Waals surface area contributed by atoms with Crippen molar-refractivity contribution in [1.29, 1.82) is 0 Å². The molecule has 1 aromatic carbocycles. The summed E-state index contributed by atoms with van der Waals surface area (Å²) in [4.78, 5) is 0.237. The molecule has 1 aliphatic heterocycles. The van der Waals surface area contributed by atoms with E-state index in [1.54, 1.807) is 16.4 Å². The minimum Gasteiger partial charge on any atom is -0.389 e. The fraction of sp³-hybridized carbons (Fsp3) is 0.533. The van der Waals surface area contributed by atoms with E-state index >= 15 is 0 Å². The zero-order valence-electron chi connectivity index (χ0n) is 12.5. The summed E-state index contributed by atoms with van der Waals surface area (Å²) in [5.74, 6) is -0.0464. The molecule has 0 aromatic heterocycles. The monoisotopic (exact) mass is 326 g/mol.